The standard InChI is InChI=1S/C10H17N3O2/c1-7(2)4-11-6-9-8(10(14)15)5-12-13(9)3/h5,7,11H,4,6H2,1-3H3,(H,14,15). The summed E-state index contributed by atoms with van der Waals surface area (Å²) < 4.78 is 1.59. The molecule has 1 rings (SSSR count). The van der Waals surface area contributed by atoms with E-state index in [0.29, 0.717) is 18.2 Å². The molecule has 0 fully saturated rings. The highest BCUT2D eigenvalue weighted by molar-refractivity contribution is 5.88. The van der Waals surface area contributed by atoms with E-state index in [2.05, 4.69) is 24.3 Å². The summed E-state index contributed by atoms with van der Waals surface area (Å²) >= 11 is 0. The third kappa shape index (κ3) is 3.06. The minimum absolute atomic E-state index is 0.272. The molecule has 1 aromatic rings. The fraction of sp³-hybridized carbons (Fsp3) is 0.600. The first-order chi connectivity index (χ1) is 7.02. The van der Waals surface area contributed by atoms with Crippen LogP contribution in [0.3, 0.4) is 0 Å². The summed E-state index contributed by atoms with van der Waals surface area (Å²) in [7, 11) is 1.75. The lowest BCUT2D eigenvalue weighted by atomic mass is 10.2. The van der Waals surface area contributed by atoms with Gasteiger partial charge in [-0.15, -0.1) is 0 Å². The van der Waals surface area contributed by atoms with E-state index in [1.807, 2.05) is 0 Å². The predicted molar refractivity (Wildman–Crippen MR) is 56.7 cm³/mol. The number of carboxylic acids is 1. The van der Waals surface area contributed by atoms with Crippen molar-refractivity contribution in [1.29, 1.82) is 0 Å². The fourth-order valence-corrected chi connectivity index (χ4v) is 1.33. The average Bonchev–Trinajstić information content (AvgIpc) is 2.47. The van der Waals surface area contributed by atoms with Crippen molar-refractivity contribution in [1.82, 2.24) is 15.1 Å². The lowest BCUT2D eigenvalue weighted by Gasteiger charge is -2.08. The van der Waals surface area contributed by atoms with Crippen molar-refractivity contribution in [3.8, 4) is 0 Å². The zero-order valence-corrected chi connectivity index (χ0v) is 9.32. The molecule has 5 heteroatoms. The lowest BCUT2D eigenvalue weighted by Crippen LogP contribution is -2.22. The van der Waals surface area contributed by atoms with E-state index in [9.17, 15) is 4.79 Å². The minimum Gasteiger partial charge on any atom is -0.478 e. The number of aromatic carboxylic acids is 1. The molecule has 0 aliphatic carbocycles. The maximum absolute atomic E-state index is 10.9. The van der Waals surface area contributed by atoms with Gasteiger partial charge in [0, 0.05) is 13.6 Å². The zero-order chi connectivity index (χ0) is 11.4. The van der Waals surface area contributed by atoms with Crippen molar-refractivity contribution in [2.24, 2.45) is 13.0 Å². The van der Waals surface area contributed by atoms with Gasteiger partial charge in [0.1, 0.15) is 5.56 Å². The Morgan fingerprint density at radius 1 is 1.67 bits per heavy atom. The molecule has 84 valence electrons. The molecule has 0 unspecified atom stereocenters. The Morgan fingerprint density at radius 3 is 2.87 bits per heavy atom. The summed E-state index contributed by atoms with van der Waals surface area (Å²) in [6.07, 6.45) is 1.38. The van der Waals surface area contributed by atoms with E-state index >= 15 is 0 Å². The van der Waals surface area contributed by atoms with Gasteiger partial charge in [0.25, 0.3) is 0 Å². The third-order valence-corrected chi connectivity index (χ3v) is 2.14. The van der Waals surface area contributed by atoms with Crippen LogP contribution in [0.1, 0.15) is 29.9 Å². The minimum atomic E-state index is -0.926. The number of hydrogen-bond acceptors (Lipinski definition) is 3. The van der Waals surface area contributed by atoms with Crippen molar-refractivity contribution in [2.75, 3.05) is 6.54 Å². The van der Waals surface area contributed by atoms with Crippen molar-refractivity contribution in [3.63, 3.8) is 0 Å². The number of rotatable bonds is 5. The molecule has 0 aliphatic heterocycles. The predicted octanol–water partition coefficient (Wildman–Crippen LogP) is 0.864. The second-order valence-electron chi connectivity index (χ2n) is 3.96. The molecule has 0 bridgehead atoms. The third-order valence-electron chi connectivity index (χ3n) is 2.14. The highest BCUT2D eigenvalue weighted by atomic mass is 16.4. The van der Waals surface area contributed by atoms with Gasteiger partial charge in [-0.3, -0.25) is 4.68 Å². The van der Waals surface area contributed by atoms with Gasteiger partial charge in [-0.2, -0.15) is 5.10 Å². The molecule has 2 N–H and O–H groups in total. The molecule has 0 saturated heterocycles. The van der Waals surface area contributed by atoms with Gasteiger partial charge in [-0.25, -0.2) is 4.79 Å². The summed E-state index contributed by atoms with van der Waals surface area (Å²) in [5.41, 5.74) is 0.983. The van der Waals surface area contributed by atoms with Gasteiger partial charge in [0.05, 0.1) is 11.9 Å². The fourth-order valence-electron chi connectivity index (χ4n) is 1.33. The molecule has 0 radical (unpaired) electrons. The van der Waals surface area contributed by atoms with Crippen molar-refractivity contribution in [2.45, 2.75) is 20.4 Å². The summed E-state index contributed by atoms with van der Waals surface area (Å²) in [5, 5.41) is 16.0. The maximum atomic E-state index is 10.9. The summed E-state index contributed by atoms with van der Waals surface area (Å²) in [4.78, 5) is 10.9. The maximum Gasteiger partial charge on any atom is 0.339 e. The largest absolute Gasteiger partial charge is 0.478 e. The van der Waals surface area contributed by atoms with Crippen molar-refractivity contribution < 1.29 is 9.90 Å². The molecular weight excluding hydrogens is 194 g/mol. The van der Waals surface area contributed by atoms with Gasteiger partial charge >= 0.3 is 5.97 Å². The Kier molecular flexibility index (Phi) is 3.85. The molecule has 1 aromatic heterocycles. The number of carbonyl (C=O) groups is 1. The Balaban J connectivity index is 2.66. The molecule has 0 saturated carbocycles. The van der Waals surface area contributed by atoms with E-state index in [-0.39, 0.29) is 5.56 Å². The van der Waals surface area contributed by atoms with Crippen LogP contribution in [0.4, 0.5) is 0 Å². The molecule has 15 heavy (non-hydrogen) atoms. The Labute approximate surface area is 89.1 Å². The van der Waals surface area contributed by atoms with E-state index < -0.39 is 5.97 Å². The lowest BCUT2D eigenvalue weighted by molar-refractivity contribution is 0.0695. The first kappa shape index (κ1) is 11.7. The van der Waals surface area contributed by atoms with Gasteiger partial charge in [-0.1, -0.05) is 13.8 Å². The van der Waals surface area contributed by atoms with Crippen LogP contribution in [0, 0.1) is 5.92 Å². The molecule has 5 nitrogen and oxygen atoms in total. The molecule has 1 heterocycles. The number of hydrogen-bond donors (Lipinski definition) is 2. The van der Waals surface area contributed by atoms with Gasteiger partial charge in [-0.05, 0) is 12.5 Å². The van der Waals surface area contributed by atoms with E-state index in [1.54, 1.807) is 11.7 Å². The zero-order valence-electron chi connectivity index (χ0n) is 9.32. The molecule has 0 aliphatic rings. The number of aromatic nitrogens is 2. The molecule has 0 aromatic carbocycles. The number of carboxylic acid groups (broad SMARTS) is 1. The SMILES string of the molecule is CC(C)CNCc1c(C(=O)O)cnn1C. The Morgan fingerprint density at radius 2 is 2.33 bits per heavy atom. The van der Waals surface area contributed by atoms with Gasteiger partial charge in [0.15, 0.2) is 0 Å². The topological polar surface area (TPSA) is 67.2 Å². The van der Waals surface area contributed by atoms with Crippen molar-refractivity contribution >= 4 is 5.97 Å². The van der Waals surface area contributed by atoms with Crippen LogP contribution in [0.5, 0.6) is 0 Å². The van der Waals surface area contributed by atoms with Crippen LogP contribution in [-0.4, -0.2) is 27.4 Å². The highest BCUT2D eigenvalue weighted by Crippen LogP contribution is 2.07. The van der Waals surface area contributed by atoms with Crippen LogP contribution in [0.25, 0.3) is 0 Å². The molecule has 0 spiro atoms. The summed E-state index contributed by atoms with van der Waals surface area (Å²) in [6, 6.07) is 0. The van der Waals surface area contributed by atoms with E-state index in [1.165, 1.54) is 6.20 Å². The van der Waals surface area contributed by atoms with Crippen LogP contribution in [0.15, 0.2) is 6.20 Å². The first-order valence-corrected chi connectivity index (χ1v) is 4.97. The number of nitrogens with zero attached hydrogens (tertiary/aromatic N) is 2. The average molecular weight is 211 g/mol. The molecule has 0 atom stereocenters. The smallest absolute Gasteiger partial charge is 0.339 e. The van der Waals surface area contributed by atoms with Crippen molar-refractivity contribution in [3.05, 3.63) is 17.5 Å². The second kappa shape index (κ2) is 4.93. The number of nitrogens with one attached hydrogen (secondary N) is 1. The monoisotopic (exact) mass is 211 g/mol. The Bertz CT molecular complexity index is 344. The van der Waals surface area contributed by atoms with Crippen LogP contribution in [-0.2, 0) is 13.6 Å². The Hall–Kier alpha value is -1.36. The highest BCUT2D eigenvalue weighted by Gasteiger charge is 2.14. The summed E-state index contributed by atoms with van der Waals surface area (Å²) in [5.74, 6) is -0.379. The van der Waals surface area contributed by atoms with E-state index in [0.717, 1.165) is 6.54 Å². The van der Waals surface area contributed by atoms with Gasteiger partial charge < -0.3 is 10.4 Å². The number of aryl methyl sites for hydroxylation is 1. The quantitative estimate of drug-likeness (QED) is 0.758. The van der Waals surface area contributed by atoms with Crippen LogP contribution >= 0.6 is 0 Å². The molecule has 0 amide bonds. The molecular formula is C10H17N3O2. The first-order valence-electron chi connectivity index (χ1n) is 4.97. The van der Waals surface area contributed by atoms with E-state index in [4.69, 9.17) is 5.11 Å². The second-order valence-corrected chi connectivity index (χ2v) is 3.96. The van der Waals surface area contributed by atoms with Gasteiger partial charge in [0.2, 0.25) is 0 Å². The summed E-state index contributed by atoms with van der Waals surface area (Å²) in [6.45, 7) is 5.61. The van der Waals surface area contributed by atoms with Crippen LogP contribution < -0.4 is 5.32 Å². The normalized spacial score (nSPS) is 10.9. The van der Waals surface area contributed by atoms with Crippen LogP contribution in [0.2, 0.25) is 0 Å².